The van der Waals surface area contributed by atoms with Gasteiger partial charge in [-0.1, -0.05) is 72.8 Å². The summed E-state index contributed by atoms with van der Waals surface area (Å²) in [6.45, 7) is 17.2. The average molecular weight is 1070 g/mol. The van der Waals surface area contributed by atoms with Crippen LogP contribution >= 0.6 is 59.4 Å². The molecule has 0 aliphatic heterocycles. The third-order valence-corrected chi connectivity index (χ3v) is 10.1. The fourth-order valence-corrected chi connectivity index (χ4v) is 6.72. The number of hydrogen-bond acceptors (Lipinski definition) is 0. The van der Waals surface area contributed by atoms with E-state index in [0.29, 0.717) is 0 Å². The molecular formula is C29H29Au2Br3P2-3. The number of halogens is 3. The molecule has 0 saturated heterocycles. The van der Waals surface area contributed by atoms with Gasteiger partial charge in [-0.25, -0.2) is 4.24 Å². The van der Waals surface area contributed by atoms with Crippen LogP contribution in [-0.4, -0.2) is 0 Å². The Kier molecular flexibility index (Phi) is 20.9. The predicted octanol–water partition coefficient (Wildman–Crippen LogP) is 9.21. The molecule has 0 aromatic heterocycles. The molecule has 0 spiro atoms. The van der Waals surface area contributed by atoms with E-state index in [1.54, 1.807) is 4.24 Å². The van der Waals surface area contributed by atoms with Gasteiger partial charge in [0, 0.05) is 43.6 Å². The summed E-state index contributed by atoms with van der Waals surface area (Å²) in [6.07, 6.45) is 0. The SMILES string of the molecule is Br[CH-]Br.[Au].[Br][Au].[CH2-][P+]([CH2-])(c1ccccc1)c1ccccc1.[CH2-][P+]([CH2-])(c1ccccc1)c1ccccc1. The first-order chi connectivity index (χ1) is 16.8. The summed E-state index contributed by atoms with van der Waals surface area (Å²) in [5.74, 6) is 0. The minimum atomic E-state index is -1.65. The van der Waals surface area contributed by atoms with Gasteiger partial charge >= 0.3 is 32.0 Å². The van der Waals surface area contributed by atoms with Gasteiger partial charge in [-0.15, -0.1) is 0 Å². The summed E-state index contributed by atoms with van der Waals surface area (Å²) >= 11 is 10.8. The number of rotatable bonds is 4. The molecule has 0 nitrogen and oxygen atoms in total. The molecule has 0 fully saturated rings. The summed E-state index contributed by atoms with van der Waals surface area (Å²) in [5, 5.41) is 4.99. The average Bonchev–Trinajstić information content (AvgIpc) is 2.93. The Bertz CT molecular complexity index is 881. The molecule has 0 N–H and O–H groups in total. The Morgan fingerprint density at radius 1 is 0.444 bits per heavy atom. The van der Waals surface area contributed by atoms with Crippen LogP contribution in [0.4, 0.5) is 0 Å². The first-order valence-corrected chi connectivity index (χ1v) is 21.2. The van der Waals surface area contributed by atoms with Crippen LogP contribution in [0, 0.1) is 30.9 Å². The molecule has 0 aliphatic carbocycles. The van der Waals surface area contributed by atoms with E-state index in [-0.39, 0.29) is 22.4 Å². The molecule has 4 aromatic carbocycles. The first kappa shape index (κ1) is 36.7. The normalized spacial score (nSPS) is 10.1. The maximum atomic E-state index is 4.31. The van der Waals surface area contributed by atoms with E-state index in [2.05, 4.69) is 139 Å². The van der Waals surface area contributed by atoms with Crippen LogP contribution in [0.1, 0.15) is 0 Å². The van der Waals surface area contributed by atoms with Gasteiger partial charge in [0.05, 0.1) is 0 Å². The predicted molar refractivity (Wildman–Crippen MR) is 171 cm³/mol. The second kappa shape index (κ2) is 20.5. The molecule has 7 heteroatoms. The monoisotopic (exact) mass is 1070 g/mol. The van der Waals surface area contributed by atoms with Crippen LogP contribution in [0.25, 0.3) is 0 Å². The molecular weight excluding hydrogens is 1040 g/mol. The van der Waals surface area contributed by atoms with E-state index >= 15 is 0 Å². The van der Waals surface area contributed by atoms with Crippen molar-refractivity contribution >= 4 is 80.6 Å². The molecule has 0 bridgehead atoms. The Balaban J connectivity index is 0.000000565. The Morgan fingerprint density at radius 3 is 0.722 bits per heavy atom. The van der Waals surface area contributed by atoms with Gasteiger partial charge in [-0.2, -0.15) is 41.2 Å². The first-order valence-electron chi connectivity index (χ1n) is 10.4. The van der Waals surface area contributed by atoms with E-state index in [1.165, 1.54) is 21.2 Å². The van der Waals surface area contributed by atoms with Crippen LogP contribution in [0.2, 0.25) is 0 Å². The zero-order valence-corrected chi connectivity index (χ0v) is 30.5. The van der Waals surface area contributed by atoms with Gasteiger partial charge in [0.25, 0.3) is 0 Å². The Labute approximate surface area is 271 Å². The van der Waals surface area contributed by atoms with Crippen molar-refractivity contribution in [3.63, 3.8) is 0 Å². The van der Waals surface area contributed by atoms with Gasteiger partial charge < -0.3 is 31.9 Å². The number of benzene rings is 4. The molecule has 201 valence electrons. The summed E-state index contributed by atoms with van der Waals surface area (Å²) in [7, 11) is -3.29. The van der Waals surface area contributed by atoms with Gasteiger partial charge in [0.2, 0.25) is 0 Å². The fourth-order valence-electron chi connectivity index (χ4n) is 3.15. The van der Waals surface area contributed by atoms with Crippen molar-refractivity contribution in [3.05, 3.63) is 152 Å². The second-order valence-corrected chi connectivity index (χ2v) is 15.4. The molecule has 0 amide bonds. The van der Waals surface area contributed by atoms with Gasteiger partial charge in [-0.05, 0) is 48.5 Å². The van der Waals surface area contributed by atoms with Crippen LogP contribution in [-0.2, 0) is 41.3 Å². The molecule has 36 heavy (non-hydrogen) atoms. The van der Waals surface area contributed by atoms with E-state index in [9.17, 15) is 0 Å². The fraction of sp³-hybridized carbons (Fsp3) is 0. The van der Waals surface area contributed by atoms with Crippen molar-refractivity contribution in [2.45, 2.75) is 0 Å². The Morgan fingerprint density at radius 2 is 0.583 bits per heavy atom. The molecule has 0 aliphatic rings. The molecule has 0 atom stereocenters. The van der Waals surface area contributed by atoms with Crippen LogP contribution < -0.4 is 21.2 Å². The van der Waals surface area contributed by atoms with Crippen molar-refractivity contribution in [1.29, 1.82) is 0 Å². The van der Waals surface area contributed by atoms with Crippen LogP contribution in [0.3, 0.4) is 0 Å². The van der Waals surface area contributed by atoms with Crippen molar-refractivity contribution in [2.75, 3.05) is 0 Å². The minimum Gasteiger partial charge on any atom is -0.199 e. The van der Waals surface area contributed by atoms with E-state index < -0.39 is 14.5 Å². The molecule has 1 radical (unpaired) electrons. The van der Waals surface area contributed by atoms with Gasteiger partial charge in [-0.3, -0.25) is 0 Å². The third kappa shape index (κ3) is 12.2. The molecule has 0 unspecified atom stereocenters. The van der Waals surface area contributed by atoms with Crippen molar-refractivity contribution < 1.29 is 41.3 Å². The summed E-state index contributed by atoms with van der Waals surface area (Å²) < 4.78 is 1.62. The molecule has 4 aromatic rings. The summed E-state index contributed by atoms with van der Waals surface area (Å²) in [5.41, 5.74) is 0. The van der Waals surface area contributed by atoms with Crippen LogP contribution in [0.5, 0.6) is 0 Å². The second-order valence-electron chi connectivity index (χ2n) is 7.36. The maximum absolute atomic E-state index is 4.31. The zero-order valence-electron chi connectivity index (χ0n) is 19.6. The van der Waals surface area contributed by atoms with Crippen LogP contribution in [0.15, 0.2) is 121 Å². The van der Waals surface area contributed by atoms with Crippen molar-refractivity contribution in [2.24, 2.45) is 0 Å². The van der Waals surface area contributed by atoms with E-state index in [4.69, 9.17) is 0 Å². The van der Waals surface area contributed by atoms with Gasteiger partial charge in [0.15, 0.2) is 0 Å². The Hall–Kier alpha value is 0.661. The van der Waals surface area contributed by atoms with Gasteiger partial charge in [0.1, 0.15) is 0 Å². The topological polar surface area (TPSA) is 0 Å². The van der Waals surface area contributed by atoms with E-state index in [0.717, 1.165) is 0 Å². The molecule has 0 saturated carbocycles. The smallest absolute Gasteiger partial charge is 0.0408 e. The molecule has 4 rings (SSSR count). The summed E-state index contributed by atoms with van der Waals surface area (Å²) in [6, 6.07) is 41.3. The summed E-state index contributed by atoms with van der Waals surface area (Å²) in [4.78, 5) is 0. The standard InChI is InChI=1S/2C14H14P.CHBr2.2Au.BrH/c2*1-15(2,13-9-5-3-6-10-13)14-11-7-4-8-12-14;2-1-3;;;/h2*3-12H,1-2H2;1H;;;1H/q3*-1;;+1;/p-1. The minimum absolute atomic E-state index is 0. The van der Waals surface area contributed by atoms with Crippen molar-refractivity contribution in [1.82, 2.24) is 0 Å². The third-order valence-electron chi connectivity index (χ3n) is 5.00. The maximum Gasteiger partial charge on any atom is 0.0408 e. The quantitative estimate of drug-likeness (QED) is 0.109. The number of hydrogen-bond donors (Lipinski definition) is 0. The molecule has 0 heterocycles. The largest absolute Gasteiger partial charge is 0.199 e. The van der Waals surface area contributed by atoms with E-state index in [1.807, 2.05) is 72.8 Å². The van der Waals surface area contributed by atoms with Crippen molar-refractivity contribution in [3.8, 4) is 0 Å². The zero-order chi connectivity index (χ0) is 26.2.